The van der Waals surface area contributed by atoms with E-state index in [1.807, 2.05) is 67.6 Å². The summed E-state index contributed by atoms with van der Waals surface area (Å²) in [6.07, 6.45) is 1.68. The average molecular weight is 402 g/mol. The number of hydrogen-bond donors (Lipinski definition) is 0. The lowest BCUT2D eigenvalue weighted by Crippen LogP contribution is -2.01. The van der Waals surface area contributed by atoms with Crippen molar-refractivity contribution in [2.75, 3.05) is 13.7 Å². The van der Waals surface area contributed by atoms with Crippen LogP contribution in [0.3, 0.4) is 0 Å². The molecule has 0 fully saturated rings. The highest BCUT2D eigenvalue weighted by Crippen LogP contribution is 2.26. The zero-order chi connectivity index (χ0) is 20.8. The van der Waals surface area contributed by atoms with E-state index in [1.165, 1.54) is 0 Å². The van der Waals surface area contributed by atoms with Crippen molar-refractivity contribution in [3.8, 4) is 34.7 Å². The van der Waals surface area contributed by atoms with Crippen LogP contribution in [0.4, 0.5) is 0 Å². The molecule has 2 aromatic heterocycles. The van der Waals surface area contributed by atoms with Crippen LogP contribution < -0.4 is 14.2 Å². The molecule has 0 saturated heterocycles. The van der Waals surface area contributed by atoms with Crippen molar-refractivity contribution in [2.45, 2.75) is 13.5 Å². The normalized spacial score (nSPS) is 10.6. The van der Waals surface area contributed by atoms with Crippen molar-refractivity contribution >= 4 is 0 Å². The van der Waals surface area contributed by atoms with Crippen LogP contribution >= 0.6 is 0 Å². The van der Waals surface area contributed by atoms with Crippen molar-refractivity contribution in [1.29, 1.82) is 0 Å². The first kappa shape index (κ1) is 19.4. The van der Waals surface area contributed by atoms with E-state index in [9.17, 15) is 0 Å². The van der Waals surface area contributed by atoms with Crippen molar-refractivity contribution < 1.29 is 14.2 Å². The molecule has 7 heteroatoms. The highest BCUT2D eigenvalue weighted by Gasteiger charge is 2.15. The Kier molecular flexibility index (Phi) is 5.89. The van der Waals surface area contributed by atoms with Gasteiger partial charge < -0.3 is 14.2 Å². The van der Waals surface area contributed by atoms with Gasteiger partial charge in [0.25, 0.3) is 0 Å². The third-order valence-electron chi connectivity index (χ3n) is 4.40. The summed E-state index contributed by atoms with van der Waals surface area (Å²) in [5, 5.41) is 4.47. The molecule has 0 aliphatic rings. The molecule has 0 aliphatic carbocycles. The second-order valence-electron chi connectivity index (χ2n) is 6.42. The number of methoxy groups -OCH3 is 1. The molecule has 0 N–H and O–H groups in total. The summed E-state index contributed by atoms with van der Waals surface area (Å²) in [7, 11) is 1.58. The zero-order valence-corrected chi connectivity index (χ0v) is 16.9. The minimum atomic E-state index is 0.313. The number of ether oxygens (including phenoxy) is 3. The molecule has 30 heavy (non-hydrogen) atoms. The van der Waals surface area contributed by atoms with Gasteiger partial charge in [-0.05, 0) is 42.8 Å². The number of hydrogen-bond acceptors (Lipinski definition) is 6. The molecule has 0 aliphatic heterocycles. The Bertz CT molecular complexity index is 1080. The van der Waals surface area contributed by atoms with Gasteiger partial charge in [0.15, 0.2) is 5.82 Å². The maximum atomic E-state index is 5.88. The van der Waals surface area contributed by atoms with Gasteiger partial charge in [-0.1, -0.05) is 30.3 Å². The minimum Gasteiger partial charge on any atom is -0.489 e. The Morgan fingerprint density at radius 1 is 0.900 bits per heavy atom. The molecule has 2 aromatic carbocycles. The van der Waals surface area contributed by atoms with Crippen LogP contribution in [0.5, 0.6) is 17.6 Å². The van der Waals surface area contributed by atoms with Crippen LogP contribution in [0.1, 0.15) is 12.5 Å². The lowest BCUT2D eigenvalue weighted by atomic mass is 10.2. The van der Waals surface area contributed by atoms with Gasteiger partial charge in [0.2, 0.25) is 5.88 Å². The molecule has 0 atom stereocenters. The Labute approximate surface area is 174 Å². The average Bonchev–Trinajstić information content (AvgIpc) is 3.23. The van der Waals surface area contributed by atoms with E-state index in [1.54, 1.807) is 24.1 Å². The van der Waals surface area contributed by atoms with E-state index < -0.39 is 0 Å². The van der Waals surface area contributed by atoms with Gasteiger partial charge >= 0.3 is 6.01 Å². The maximum Gasteiger partial charge on any atom is 0.336 e. The number of aromatic nitrogens is 4. The largest absolute Gasteiger partial charge is 0.489 e. The molecule has 0 unspecified atom stereocenters. The van der Waals surface area contributed by atoms with Crippen LogP contribution in [-0.4, -0.2) is 33.5 Å². The van der Waals surface area contributed by atoms with Gasteiger partial charge in [-0.15, -0.1) is 5.10 Å². The topological polar surface area (TPSA) is 71.3 Å². The summed E-state index contributed by atoms with van der Waals surface area (Å²) in [5.41, 5.74) is 2.76. The van der Waals surface area contributed by atoms with Crippen LogP contribution in [0.15, 0.2) is 72.9 Å². The van der Waals surface area contributed by atoms with Crippen LogP contribution in [0.2, 0.25) is 0 Å². The number of pyridine rings is 1. The van der Waals surface area contributed by atoms with Crippen molar-refractivity contribution in [1.82, 2.24) is 19.7 Å². The molecule has 4 rings (SSSR count). The maximum absolute atomic E-state index is 5.88. The fourth-order valence-corrected chi connectivity index (χ4v) is 2.91. The molecule has 0 radical (unpaired) electrons. The van der Waals surface area contributed by atoms with Crippen LogP contribution in [0.25, 0.3) is 17.1 Å². The molecule has 0 bridgehead atoms. The van der Waals surface area contributed by atoms with E-state index in [0.717, 1.165) is 22.6 Å². The fourth-order valence-electron chi connectivity index (χ4n) is 2.91. The predicted octanol–water partition coefficient (Wildman–Crippen LogP) is 4.32. The molecule has 0 saturated carbocycles. The van der Waals surface area contributed by atoms with Gasteiger partial charge in [0, 0.05) is 11.6 Å². The number of nitrogens with zero attached hydrogens (tertiary/aromatic N) is 4. The molecule has 152 valence electrons. The lowest BCUT2D eigenvalue weighted by Gasteiger charge is -2.08. The SMILES string of the molecule is CCOc1nc(-c2ccc(OCc3ccccc3)cc2)n(-c2ccc(OC)nc2)n1. The van der Waals surface area contributed by atoms with Gasteiger partial charge in [0.05, 0.1) is 25.6 Å². The number of benzene rings is 2. The summed E-state index contributed by atoms with van der Waals surface area (Å²) in [6.45, 7) is 2.90. The smallest absolute Gasteiger partial charge is 0.336 e. The van der Waals surface area contributed by atoms with Crippen LogP contribution in [0, 0.1) is 0 Å². The van der Waals surface area contributed by atoms with Gasteiger partial charge in [-0.2, -0.15) is 4.98 Å². The van der Waals surface area contributed by atoms with E-state index in [-0.39, 0.29) is 0 Å². The van der Waals surface area contributed by atoms with E-state index in [2.05, 4.69) is 15.1 Å². The highest BCUT2D eigenvalue weighted by atomic mass is 16.5. The Balaban J connectivity index is 1.59. The first-order valence-corrected chi connectivity index (χ1v) is 9.64. The predicted molar refractivity (Wildman–Crippen MR) is 113 cm³/mol. The van der Waals surface area contributed by atoms with Gasteiger partial charge in [-0.25, -0.2) is 9.67 Å². The van der Waals surface area contributed by atoms with E-state index in [0.29, 0.717) is 30.9 Å². The van der Waals surface area contributed by atoms with Crippen molar-refractivity contribution in [3.05, 3.63) is 78.5 Å². The molecule has 4 aromatic rings. The minimum absolute atomic E-state index is 0.313. The van der Waals surface area contributed by atoms with Crippen molar-refractivity contribution in [3.63, 3.8) is 0 Å². The molecule has 0 spiro atoms. The third kappa shape index (κ3) is 4.41. The Hall–Kier alpha value is -3.87. The monoisotopic (exact) mass is 402 g/mol. The van der Waals surface area contributed by atoms with Crippen LogP contribution in [-0.2, 0) is 6.61 Å². The molecule has 0 amide bonds. The second kappa shape index (κ2) is 9.09. The highest BCUT2D eigenvalue weighted by molar-refractivity contribution is 5.59. The fraction of sp³-hybridized carbons (Fsp3) is 0.174. The number of rotatable bonds is 8. The van der Waals surface area contributed by atoms with E-state index >= 15 is 0 Å². The quantitative estimate of drug-likeness (QED) is 0.437. The van der Waals surface area contributed by atoms with Crippen molar-refractivity contribution in [2.24, 2.45) is 0 Å². The zero-order valence-electron chi connectivity index (χ0n) is 16.9. The Morgan fingerprint density at radius 3 is 2.37 bits per heavy atom. The third-order valence-corrected chi connectivity index (χ3v) is 4.40. The van der Waals surface area contributed by atoms with Gasteiger partial charge in [0.1, 0.15) is 12.4 Å². The first-order chi connectivity index (χ1) is 14.8. The summed E-state index contributed by atoms with van der Waals surface area (Å²) in [5.74, 6) is 1.97. The molecule has 2 heterocycles. The summed E-state index contributed by atoms with van der Waals surface area (Å²) in [6, 6.07) is 21.8. The van der Waals surface area contributed by atoms with E-state index in [4.69, 9.17) is 14.2 Å². The molecule has 7 nitrogen and oxygen atoms in total. The standard InChI is InChI=1S/C23H22N4O3/c1-3-29-23-25-22(27(26-23)19-11-14-21(28-2)24-15-19)18-9-12-20(13-10-18)30-16-17-7-5-4-6-8-17/h4-15H,3,16H2,1-2H3. The summed E-state index contributed by atoms with van der Waals surface area (Å²) in [4.78, 5) is 8.80. The lowest BCUT2D eigenvalue weighted by molar-refractivity contribution is 0.306. The first-order valence-electron chi connectivity index (χ1n) is 9.64. The summed E-state index contributed by atoms with van der Waals surface area (Å²) >= 11 is 0. The molecular formula is C23H22N4O3. The second-order valence-corrected chi connectivity index (χ2v) is 6.42. The molecular weight excluding hydrogens is 380 g/mol. The summed E-state index contributed by atoms with van der Waals surface area (Å²) < 4.78 is 18.2. The Morgan fingerprint density at radius 2 is 1.70 bits per heavy atom. The van der Waals surface area contributed by atoms with Gasteiger partial charge in [-0.3, -0.25) is 0 Å².